The first kappa shape index (κ1) is 22.5. The maximum atomic E-state index is 10.5. The van der Waals surface area contributed by atoms with Gasteiger partial charge in [0.15, 0.2) is 0 Å². The first-order valence-electron chi connectivity index (χ1n) is 14.0. The Morgan fingerprint density at radius 3 is 2.42 bits per heavy atom. The number of hydrogen-bond acceptors (Lipinski definition) is 1. The van der Waals surface area contributed by atoms with Crippen LogP contribution in [0.25, 0.3) is 0 Å². The molecule has 5 rings (SSSR count). The number of aliphatic hydroxyl groups is 1. The van der Waals surface area contributed by atoms with Crippen molar-refractivity contribution in [1.82, 2.24) is 0 Å². The fraction of sp³-hybridized carbons (Fsp3) is 0.933. The van der Waals surface area contributed by atoms with Crippen molar-refractivity contribution in [2.24, 2.45) is 63.6 Å². The maximum Gasteiger partial charge on any atom is 0.0546 e. The van der Waals surface area contributed by atoms with Crippen LogP contribution in [0.15, 0.2) is 12.2 Å². The molecule has 176 valence electrons. The van der Waals surface area contributed by atoms with Crippen LogP contribution in [0, 0.1) is 63.6 Å². The summed E-state index contributed by atoms with van der Waals surface area (Å²) < 4.78 is 0. The van der Waals surface area contributed by atoms with Gasteiger partial charge in [-0.05, 0) is 128 Å². The van der Waals surface area contributed by atoms with E-state index >= 15 is 0 Å². The molecular weight excluding hydrogens is 376 g/mol. The lowest BCUT2D eigenvalue weighted by Gasteiger charge is -2.61. The molecule has 0 aromatic heterocycles. The summed E-state index contributed by atoms with van der Waals surface area (Å²) in [5.41, 5.74) is 1.61. The topological polar surface area (TPSA) is 20.2 Å². The summed E-state index contributed by atoms with van der Waals surface area (Å²) >= 11 is 0. The molecule has 11 atom stereocenters. The SMILES string of the molecule is CCC(/C=C/C(C)C1CCC2C3CC4CC45CC(O)CCC5(C)C3CCC12C)C(C)C. The Kier molecular flexibility index (Phi) is 5.52. The number of rotatable bonds is 5. The first-order valence-corrected chi connectivity index (χ1v) is 14.0. The molecule has 0 bridgehead atoms. The van der Waals surface area contributed by atoms with Gasteiger partial charge in [-0.2, -0.15) is 0 Å². The van der Waals surface area contributed by atoms with Crippen molar-refractivity contribution >= 4 is 0 Å². The molecule has 5 saturated carbocycles. The zero-order chi connectivity index (χ0) is 22.2. The lowest BCUT2D eigenvalue weighted by atomic mass is 9.44. The highest BCUT2D eigenvalue weighted by molar-refractivity contribution is 5.22. The first-order chi connectivity index (χ1) is 14.7. The average Bonchev–Trinajstić information content (AvgIpc) is 3.29. The molecule has 31 heavy (non-hydrogen) atoms. The van der Waals surface area contributed by atoms with Crippen LogP contribution >= 0.6 is 0 Å². The second-order valence-corrected chi connectivity index (χ2v) is 13.8. The molecule has 0 aliphatic heterocycles. The lowest BCUT2D eigenvalue weighted by Crippen LogP contribution is -2.55. The Bertz CT molecular complexity index is 709. The van der Waals surface area contributed by atoms with Crippen LogP contribution < -0.4 is 0 Å². The number of aliphatic hydroxyl groups excluding tert-OH is 1. The van der Waals surface area contributed by atoms with Crippen molar-refractivity contribution in [3.05, 3.63) is 12.2 Å². The highest BCUT2D eigenvalue weighted by Crippen LogP contribution is 2.80. The molecule has 1 heteroatoms. The summed E-state index contributed by atoms with van der Waals surface area (Å²) in [6.45, 7) is 15.0. The molecule has 0 radical (unpaired) electrons. The molecule has 0 aromatic carbocycles. The molecule has 5 aliphatic carbocycles. The minimum Gasteiger partial charge on any atom is -0.393 e. The second-order valence-electron chi connectivity index (χ2n) is 13.8. The van der Waals surface area contributed by atoms with Gasteiger partial charge in [-0.1, -0.05) is 53.7 Å². The van der Waals surface area contributed by atoms with Gasteiger partial charge in [-0.15, -0.1) is 0 Å². The Morgan fingerprint density at radius 1 is 0.935 bits per heavy atom. The van der Waals surface area contributed by atoms with Crippen LogP contribution in [0.3, 0.4) is 0 Å². The number of fused-ring (bicyclic) bond motifs is 4. The van der Waals surface area contributed by atoms with Gasteiger partial charge in [-0.25, -0.2) is 0 Å². The van der Waals surface area contributed by atoms with Crippen molar-refractivity contribution < 1.29 is 5.11 Å². The summed E-state index contributed by atoms with van der Waals surface area (Å²) in [6.07, 6.45) is 18.7. The molecular formula is C30H50O. The zero-order valence-corrected chi connectivity index (χ0v) is 21.4. The third-order valence-electron chi connectivity index (χ3n) is 12.5. The normalized spacial score (nSPS) is 52.9. The summed E-state index contributed by atoms with van der Waals surface area (Å²) in [5.74, 6) is 6.91. The van der Waals surface area contributed by atoms with E-state index in [2.05, 4.69) is 53.7 Å². The van der Waals surface area contributed by atoms with E-state index in [-0.39, 0.29) is 6.10 Å². The van der Waals surface area contributed by atoms with Crippen molar-refractivity contribution in [3.8, 4) is 0 Å². The minimum atomic E-state index is -0.00948. The van der Waals surface area contributed by atoms with Gasteiger partial charge in [0.2, 0.25) is 0 Å². The number of allylic oxidation sites excluding steroid dienone is 2. The van der Waals surface area contributed by atoms with Crippen LogP contribution in [0.4, 0.5) is 0 Å². The average molecular weight is 427 g/mol. The molecule has 0 heterocycles. The molecule has 5 aliphatic rings. The molecule has 0 saturated heterocycles. The molecule has 1 nitrogen and oxygen atoms in total. The standard InChI is InChI=1S/C30H50O/c1-7-21(19(2)3)9-8-20(4)25-10-11-26-24-16-22-17-30(22)18-23(31)12-15-29(30,6)27(24)13-14-28(25,26)5/h8-9,19-27,31H,7,10-18H2,1-6H3/b9-8+. The van der Waals surface area contributed by atoms with Crippen LogP contribution in [-0.2, 0) is 0 Å². The highest BCUT2D eigenvalue weighted by Gasteiger charge is 2.73. The third kappa shape index (κ3) is 3.18. The van der Waals surface area contributed by atoms with Crippen LogP contribution in [0.5, 0.6) is 0 Å². The predicted octanol–water partition coefficient (Wildman–Crippen LogP) is 7.88. The summed E-state index contributed by atoms with van der Waals surface area (Å²) in [4.78, 5) is 0. The van der Waals surface area contributed by atoms with Crippen LogP contribution in [0.2, 0.25) is 0 Å². The minimum absolute atomic E-state index is 0.00948. The quantitative estimate of drug-likeness (QED) is 0.443. The van der Waals surface area contributed by atoms with E-state index in [0.29, 0.717) is 16.2 Å². The smallest absolute Gasteiger partial charge is 0.0546 e. The van der Waals surface area contributed by atoms with Gasteiger partial charge < -0.3 is 5.11 Å². The van der Waals surface area contributed by atoms with Crippen molar-refractivity contribution in [2.75, 3.05) is 0 Å². The van der Waals surface area contributed by atoms with Crippen molar-refractivity contribution in [3.63, 3.8) is 0 Å². The van der Waals surface area contributed by atoms with Gasteiger partial charge in [-0.3, -0.25) is 0 Å². The van der Waals surface area contributed by atoms with Crippen LogP contribution in [0.1, 0.15) is 106 Å². The van der Waals surface area contributed by atoms with E-state index in [1.165, 1.54) is 51.4 Å². The summed E-state index contributed by atoms with van der Waals surface area (Å²) in [7, 11) is 0. The largest absolute Gasteiger partial charge is 0.393 e. The van der Waals surface area contributed by atoms with Crippen molar-refractivity contribution in [1.29, 1.82) is 0 Å². The van der Waals surface area contributed by atoms with Gasteiger partial charge in [0.25, 0.3) is 0 Å². The Hall–Kier alpha value is -0.300. The molecule has 5 fully saturated rings. The molecule has 0 amide bonds. The summed E-state index contributed by atoms with van der Waals surface area (Å²) in [5, 5.41) is 10.5. The predicted molar refractivity (Wildman–Crippen MR) is 131 cm³/mol. The molecule has 1 N–H and O–H groups in total. The fourth-order valence-corrected chi connectivity index (χ4v) is 10.6. The van der Waals surface area contributed by atoms with Gasteiger partial charge in [0.1, 0.15) is 0 Å². The Balaban J connectivity index is 1.35. The van der Waals surface area contributed by atoms with E-state index in [9.17, 15) is 5.11 Å². The second kappa shape index (κ2) is 7.61. The zero-order valence-electron chi connectivity index (χ0n) is 21.4. The van der Waals surface area contributed by atoms with Crippen LogP contribution in [-0.4, -0.2) is 11.2 Å². The molecule has 0 aromatic rings. The molecule has 11 unspecified atom stereocenters. The lowest BCUT2D eigenvalue weighted by molar-refractivity contribution is -0.136. The Labute approximate surface area is 192 Å². The van der Waals surface area contributed by atoms with E-state index in [1.54, 1.807) is 0 Å². The van der Waals surface area contributed by atoms with Gasteiger partial charge in [0, 0.05) is 0 Å². The van der Waals surface area contributed by atoms with E-state index < -0.39 is 0 Å². The molecule has 1 spiro atoms. The highest BCUT2D eigenvalue weighted by atomic mass is 16.3. The number of hydrogen-bond donors (Lipinski definition) is 1. The van der Waals surface area contributed by atoms with Gasteiger partial charge >= 0.3 is 0 Å². The summed E-state index contributed by atoms with van der Waals surface area (Å²) in [6, 6.07) is 0. The van der Waals surface area contributed by atoms with E-state index in [0.717, 1.165) is 60.2 Å². The fourth-order valence-electron chi connectivity index (χ4n) is 10.6. The Morgan fingerprint density at radius 2 is 1.71 bits per heavy atom. The third-order valence-corrected chi connectivity index (χ3v) is 12.5. The van der Waals surface area contributed by atoms with E-state index in [1.807, 2.05) is 0 Å². The van der Waals surface area contributed by atoms with E-state index in [4.69, 9.17) is 0 Å². The van der Waals surface area contributed by atoms with Crippen molar-refractivity contribution in [2.45, 2.75) is 112 Å². The monoisotopic (exact) mass is 426 g/mol. The maximum absolute atomic E-state index is 10.5. The van der Waals surface area contributed by atoms with Gasteiger partial charge in [0.05, 0.1) is 6.10 Å².